The van der Waals surface area contributed by atoms with Crippen LogP contribution in [0.4, 0.5) is 0 Å². The van der Waals surface area contributed by atoms with Crippen molar-refractivity contribution in [3.63, 3.8) is 0 Å². The van der Waals surface area contributed by atoms with Gasteiger partial charge in [-0.05, 0) is 35.7 Å². The Morgan fingerprint density at radius 1 is 1.20 bits per heavy atom. The van der Waals surface area contributed by atoms with Gasteiger partial charge in [0.05, 0.1) is 12.1 Å². The fourth-order valence-electron chi connectivity index (χ4n) is 1.95. The highest BCUT2D eigenvalue weighted by atomic mass is 35.5. The number of nitrogens with two attached hydrogens (primary N) is 1. The Bertz CT molecular complexity index is 599. The Hall–Kier alpha value is -1.71. The van der Waals surface area contributed by atoms with Crippen LogP contribution < -0.4 is 15.2 Å². The molecule has 20 heavy (non-hydrogen) atoms. The highest BCUT2D eigenvalue weighted by Gasteiger charge is 2.12. The molecule has 3 nitrogen and oxygen atoms in total. The van der Waals surface area contributed by atoms with Crippen molar-refractivity contribution in [1.82, 2.24) is 0 Å². The highest BCUT2D eigenvalue weighted by Crippen LogP contribution is 2.36. The zero-order valence-corrected chi connectivity index (χ0v) is 12.4. The fraction of sp³-hybridized carbons (Fsp3) is 0.250. The van der Waals surface area contributed by atoms with Crippen molar-refractivity contribution >= 4 is 11.6 Å². The molecule has 0 heterocycles. The van der Waals surface area contributed by atoms with Crippen molar-refractivity contribution < 1.29 is 9.47 Å². The zero-order chi connectivity index (χ0) is 14.5. The zero-order valence-electron chi connectivity index (χ0n) is 11.7. The third-order valence-electron chi connectivity index (χ3n) is 3.16. The van der Waals surface area contributed by atoms with E-state index in [2.05, 4.69) is 13.0 Å². The van der Waals surface area contributed by atoms with E-state index in [1.807, 2.05) is 24.3 Å². The number of hydrogen-bond acceptors (Lipinski definition) is 3. The van der Waals surface area contributed by atoms with Gasteiger partial charge in [-0.25, -0.2) is 0 Å². The minimum Gasteiger partial charge on any atom is -0.493 e. The molecule has 0 unspecified atom stereocenters. The lowest BCUT2D eigenvalue weighted by atomic mass is 10.1. The third-order valence-corrected chi connectivity index (χ3v) is 3.44. The van der Waals surface area contributed by atoms with Gasteiger partial charge in [0.15, 0.2) is 11.5 Å². The summed E-state index contributed by atoms with van der Waals surface area (Å²) in [5.41, 5.74) is 8.84. The smallest absolute Gasteiger partial charge is 0.180 e. The lowest BCUT2D eigenvalue weighted by Crippen LogP contribution is -2.02. The summed E-state index contributed by atoms with van der Waals surface area (Å²) in [7, 11) is 1.59. The maximum Gasteiger partial charge on any atom is 0.180 e. The highest BCUT2D eigenvalue weighted by molar-refractivity contribution is 6.32. The third kappa shape index (κ3) is 3.24. The van der Waals surface area contributed by atoms with Gasteiger partial charge >= 0.3 is 0 Å². The van der Waals surface area contributed by atoms with Crippen LogP contribution >= 0.6 is 11.6 Å². The summed E-state index contributed by atoms with van der Waals surface area (Å²) < 4.78 is 11.1. The van der Waals surface area contributed by atoms with Crippen LogP contribution in [0.25, 0.3) is 0 Å². The van der Waals surface area contributed by atoms with Crippen LogP contribution in [0.3, 0.4) is 0 Å². The van der Waals surface area contributed by atoms with Crippen LogP contribution in [0.2, 0.25) is 5.02 Å². The topological polar surface area (TPSA) is 44.5 Å². The molecule has 0 spiro atoms. The van der Waals surface area contributed by atoms with E-state index in [0.717, 1.165) is 11.1 Å². The van der Waals surface area contributed by atoms with E-state index in [9.17, 15) is 0 Å². The second-order valence-corrected chi connectivity index (χ2v) is 4.94. The van der Waals surface area contributed by atoms with Crippen LogP contribution in [0.1, 0.15) is 16.7 Å². The van der Waals surface area contributed by atoms with Crippen molar-refractivity contribution in [3.8, 4) is 11.5 Å². The van der Waals surface area contributed by atoms with Crippen LogP contribution in [0.5, 0.6) is 11.5 Å². The van der Waals surface area contributed by atoms with Gasteiger partial charge in [-0.3, -0.25) is 0 Å². The molecule has 0 atom stereocenters. The van der Waals surface area contributed by atoms with E-state index < -0.39 is 0 Å². The van der Waals surface area contributed by atoms with Crippen molar-refractivity contribution in [2.75, 3.05) is 7.11 Å². The summed E-state index contributed by atoms with van der Waals surface area (Å²) in [6.45, 7) is 2.91. The molecule has 2 aromatic rings. The first-order valence-corrected chi connectivity index (χ1v) is 6.77. The summed E-state index contributed by atoms with van der Waals surface area (Å²) in [5.74, 6) is 1.15. The predicted octanol–water partition coefficient (Wildman–Crippen LogP) is 3.69. The first-order chi connectivity index (χ1) is 9.65. The molecule has 0 saturated carbocycles. The van der Waals surface area contributed by atoms with Gasteiger partial charge in [0, 0.05) is 6.54 Å². The van der Waals surface area contributed by atoms with E-state index in [4.69, 9.17) is 26.8 Å². The van der Waals surface area contributed by atoms with Crippen molar-refractivity contribution in [2.45, 2.75) is 20.1 Å². The number of hydrogen-bond donors (Lipinski definition) is 1. The lowest BCUT2D eigenvalue weighted by Gasteiger charge is -2.14. The summed E-state index contributed by atoms with van der Waals surface area (Å²) in [5, 5.41) is 0.512. The number of methoxy groups -OCH3 is 1. The normalized spacial score (nSPS) is 10.4. The summed E-state index contributed by atoms with van der Waals surface area (Å²) >= 11 is 6.24. The first kappa shape index (κ1) is 14.7. The molecule has 0 radical (unpaired) electrons. The minimum absolute atomic E-state index is 0.411. The summed E-state index contributed by atoms with van der Waals surface area (Å²) in [6, 6.07) is 11.7. The molecule has 4 heteroatoms. The molecule has 0 fully saturated rings. The average Bonchev–Trinajstić information content (AvgIpc) is 2.46. The molecule has 2 N–H and O–H groups in total. The van der Waals surface area contributed by atoms with E-state index in [1.54, 1.807) is 13.2 Å². The molecule has 106 valence electrons. The van der Waals surface area contributed by atoms with Gasteiger partial charge in [-0.1, -0.05) is 35.9 Å². The maximum absolute atomic E-state index is 6.24. The fourth-order valence-corrected chi connectivity index (χ4v) is 2.24. The van der Waals surface area contributed by atoms with Crippen molar-refractivity contribution in [2.24, 2.45) is 5.73 Å². The number of halogens is 1. The van der Waals surface area contributed by atoms with E-state index in [1.165, 1.54) is 5.56 Å². The summed E-state index contributed by atoms with van der Waals surface area (Å²) in [6.07, 6.45) is 0. The second kappa shape index (κ2) is 6.64. The molecule has 2 aromatic carbocycles. The molecule has 0 aliphatic rings. The van der Waals surface area contributed by atoms with Crippen molar-refractivity contribution in [3.05, 3.63) is 58.1 Å². The van der Waals surface area contributed by atoms with Crippen molar-refractivity contribution in [1.29, 1.82) is 0 Å². The van der Waals surface area contributed by atoms with Crippen LogP contribution in [-0.2, 0) is 13.2 Å². The Kier molecular flexibility index (Phi) is 4.88. The van der Waals surface area contributed by atoms with E-state index >= 15 is 0 Å². The average molecular weight is 292 g/mol. The van der Waals surface area contributed by atoms with Gasteiger partial charge in [0.25, 0.3) is 0 Å². The first-order valence-electron chi connectivity index (χ1n) is 6.39. The molecule has 0 saturated heterocycles. The lowest BCUT2D eigenvalue weighted by molar-refractivity contribution is 0.284. The van der Waals surface area contributed by atoms with Gasteiger partial charge in [-0.15, -0.1) is 0 Å². The molecular weight excluding hydrogens is 274 g/mol. The molecule has 0 bridgehead atoms. The number of benzene rings is 2. The minimum atomic E-state index is 0.411. The SMILES string of the molecule is COc1cc(CN)cc(Cl)c1OCc1ccccc1C. The predicted molar refractivity (Wildman–Crippen MR) is 81.4 cm³/mol. The Labute approximate surface area is 124 Å². The monoisotopic (exact) mass is 291 g/mol. The van der Waals surface area contributed by atoms with Gasteiger partial charge in [-0.2, -0.15) is 0 Å². The van der Waals surface area contributed by atoms with Gasteiger partial charge < -0.3 is 15.2 Å². The van der Waals surface area contributed by atoms with Gasteiger partial charge in [0.2, 0.25) is 0 Å². The van der Waals surface area contributed by atoms with Crippen LogP contribution in [0, 0.1) is 6.92 Å². The van der Waals surface area contributed by atoms with E-state index in [-0.39, 0.29) is 0 Å². The standard InChI is InChI=1S/C16H18ClNO2/c1-11-5-3-4-6-13(11)10-20-16-14(17)7-12(9-18)8-15(16)19-2/h3-8H,9-10,18H2,1-2H3. The Balaban J connectivity index is 2.23. The Morgan fingerprint density at radius 3 is 2.60 bits per heavy atom. The second-order valence-electron chi connectivity index (χ2n) is 4.53. The molecule has 0 aliphatic carbocycles. The molecular formula is C16H18ClNO2. The number of rotatable bonds is 5. The largest absolute Gasteiger partial charge is 0.493 e. The summed E-state index contributed by atoms with van der Waals surface area (Å²) in [4.78, 5) is 0. The maximum atomic E-state index is 6.24. The van der Waals surface area contributed by atoms with Crippen LogP contribution in [0.15, 0.2) is 36.4 Å². The molecule has 0 aromatic heterocycles. The molecule has 2 rings (SSSR count). The Morgan fingerprint density at radius 2 is 1.95 bits per heavy atom. The quantitative estimate of drug-likeness (QED) is 0.913. The number of aryl methyl sites for hydroxylation is 1. The molecule has 0 amide bonds. The number of ether oxygens (including phenoxy) is 2. The van der Waals surface area contributed by atoms with E-state index in [0.29, 0.717) is 29.7 Å². The molecule has 0 aliphatic heterocycles. The van der Waals surface area contributed by atoms with Crippen LogP contribution in [-0.4, -0.2) is 7.11 Å². The van der Waals surface area contributed by atoms with Gasteiger partial charge in [0.1, 0.15) is 6.61 Å².